The monoisotopic (exact) mass is 326 g/mol. The van der Waals surface area contributed by atoms with Gasteiger partial charge in [0.25, 0.3) is 0 Å². The predicted octanol–water partition coefficient (Wildman–Crippen LogP) is 1.41. The van der Waals surface area contributed by atoms with Gasteiger partial charge in [-0.15, -0.1) is 0 Å². The number of ether oxygens (including phenoxy) is 1. The molecule has 1 saturated heterocycles. The van der Waals surface area contributed by atoms with Crippen molar-refractivity contribution in [3.63, 3.8) is 0 Å². The molecule has 2 aliphatic heterocycles. The van der Waals surface area contributed by atoms with Crippen LogP contribution in [0.3, 0.4) is 0 Å². The van der Waals surface area contributed by atoms with Crippen LogP contribution in [0.1, 0.15) is 0 Å². The molecule has 0 spiro atoms. The van der Waals surface area contributed by atoms with Gasteiger partial charge in [-0.1, -0.05) is 30.0 Å². The highest BCUT2D eigenvalue weighted by Gasteiger charge is 2.46. The first kappa shape index (κ1) is 14.9. The predicted molar refractivity (Wildman–Crippen MR) is 86.9 cm³/mol. The van der Waals surface area contributed by atoms with Crippen LogP contribution in [-0.4, -0.2) is 56.6 Å². The van der Waals surface area contributed by atoms with Gasteiger partial charge < -0.3 is 9.64 Å². The number of hydrogen-bond donors (Lipinski definition) is 0. The first-order valence-corrected chi connectivity index (χ1v) is 9.66. The number of anilines is 1. The maximum Gasteiger partial charge on any atom is 0.164 e. The van der Waals surface area contributed by atoms with Gasteiger partial charge in [0.05, 0.1) is 30.2 Å². The van der Waals surface area contributed by atoms with Crippen molar-refractivity contribution < 1.29 is 13.2 Å². The number of methoxy groups -OCH3 is 1. The normalized spacial score (nSPS) is 26.7. The van der Waals surface area contributed by atoms with Crippen molar-refractivity contribution in [2.75, 3.05) is 35.9 Å². The molecule has 0 aromatic heterocycles. The van der Waals surface area contributed by atoms with Gasteiger partial charge in [0.2, 0.25) is 0 Å². The lowest BCUT2D eigenvalue weighted by atomic mass is 10.1. The van der Waals surface area contributed by atoms with E-state index in [4.69, 9.17) is 4.74 Å². The molecular weight excluding hydrogens is 308 g/mol. The zero-order valence-corrected chi connectivity index (χ0v) is 13.4. The Balaban J connectivity index is 1.87. The van der Waals surface area contributed by atoms with Crippen molar-refractivity contribution in [3.05, 3.63) is 30.3 Å². The Morgan fingerprint density at radius 2 is 2.10 bits per heavy atom. The van der Waals surface area contributed by atoms with Crippen LogP contribution >= 0.6 is 11.8 Å². The maximum atomic E-state index is 11.9. The summed E-state index contributed by atoms with van der Waals surface area (Å²) >= 11 is 1.62. The number of thioether (sulfide) groups is 1. The largest absolute Gasteiger partial charge is 0.384 e. The molecule has 3 rings (SSSR count). The first-order valence-electron chi connectivity index (χ1n) is 6.85. The summed E-state index contributed by atoms with van der Waals surface area (Å²) in [7, 11) is -1.30. The van der Waals surface area contributed by atoms with E-state index in [1.54, 1.807) is 18.9 Å². The zero-order chi connectivity index (χ0) is 14.9. The van der Waals surface area contributed by atoms with Crippen molar-refractivity contribution in [2.45, 2.75) is 12.1 Å². The van der Waals surface area contributed by atoms with Gasteiger partial charge in [-0.05, 0) is 12.1 Å². The van der Waals surface area contributed by atoms with Crippen molar-refractivity contribution in [2.24, 2.45) is 4.99 Å². The molecule has 1 aromatic rings. The van der Waals surface area contributed by atoms with E-state index in [1.807, 2.05) is 30.3 Å². The molecule has 2 heterocycles. The third-order valence-corrected chi connectivity index (χ3v) is 6.29. The van der Waals surface area contributed by atoms with E-state index in [1.165, 1.54) is 0 Å². The van der Waals surface area contributed by atoms with Crippen LogP contribution in [-0.2, 0) is 14.6 Å². The van der Waals surface area contributed by atoms with Crippen molar-refractivity contribution in [1.29, 1.82) is 0 Å². The summed E-state index contributed by atoms with van der Waals surface area (Å²) in [5.41, 5.74) is 1.01. The van der Waals surface area contributed by atoms with E-state index in [0.717, 1.165) is 16.6 Å². The molecule has 114 valence electrons. The van der Waals surface area contributed by atoms with E-state index in [-0.39, 0.29) is 23.6 Å². The zero-order valence-electron chi connectivity index (χ0n) is 11.8. The standard InChI is InChI=1S/C14H18N2O3S2/c1-19-7-8-20-14-15-12-9-21(17,18)10-13(12)16(14)11-5-3-2-4-6-11/h2-6,12-13H,7-10H2,1H3/t12-,13-/m0/s1. The minimum atomic E-state index is -2.98. The molecule has 7 heteroatoms. The minimum Gasteiger partial charge on any atom is -0.384 e. The lowest BCUT2D eigenvalue weighted by molar-refractivity contribution is 0.219. The minimum absolute atomic E-state index is 0.0672. The molecule has 0 saturated carbocycles. The molecule has 0 unspecified atom stereocenters. The number of rotatable bonds is 4. The molecule has 1 aromatic carbocycles. The lowest BCUT2D eigenvalue weighted by Gasteiger charge is -2.26. The molecule has 5 nitrogen and oxygen atoms in total. The molecule has 0 N–H and O–H groups in total. The fraction of sp³-hybridized carbons (Fsp3) is 0.500. The summed E-state index contributed by atoms with van der Waals surface area (Å²) < 4.78 is 28.8. The van der Waals surface area contributed by atoms with Gasteiger partial charge in [0.1, 0.15) is 0 Å². The average molecular weight is 326 g/mol. The van der Waals surface area contributed by atoms with Crippen LogP contribution < -0.4 is 4.90 Å². The quantitative estimate of drug-likeness (QED) is 0.783. The Bertz CT molecular complexity index is 631. The SMILES string of the molecule is COCCSC1=N[C@H]2CS(=O)(=O)C[C@@H]2N1c1ccccc1. The number of sulfone groups is 1. The molecule has 0 radical (unpaired) electrons. The van der Waals surface area contributed by atoms with Gasteiger partial charge in [-0.2, -0.15) is 0 Å². The number of hydrogen-bond acceptors (Lipinski definition) is 6. The summed E-state index contributed by atoms with van der Waals surface area (Å²) in [6.07, 6.45) is 0. The lowest BCUT2D eigenvalue weighted by Crippen LogP contribution is -2.39. The van der Waals surface area contributed by atoms with Crippen LogP contribution in [0.25, 0.3) is 0 Å². The second-order valence-electron chi connectivity index (χ2n) is 5.17. The molecule has 0 amide bonds. The van der Waals surface area contributed by atoms with E-state index in [2.05, 4.69) is 9.89 Å². The Morgan fingerprint density at radius 1 is 1.33 bits per heavy atom. The number of aliphatic imine (C=N–C) groups is 1. The second-order valence-corrected chi connectivity index (χ2v) is 8.39. The molecule has 21 heavy (non-hydrogen) atoms. The highest BCUT2D eigenvalue weighted by molar-refractivity contribution is 8.14. The van der Waals surface area contributed by atoms with Crippen LogP contribution in [0, 0.1) is 0 Å². The summed E-state index contributed by atoms with van der Waals surface area (Å²) in [6.45, 7) is 0.653. The van der Waals surface area contributed by atoms with Crippen molar-refractivity contribution in [1.82, 2.24) is 0 Å². The Labute approximate surface area is 129 Å². The van der Waals surface area contributed by atoms with Crippen molar-refractivity contribution in [3.8, 4) is 0 Å². The van der Waals surface area contributed by atoms with Crippen LogP contribution in [0.2, 0.25) is 0 Å². The average Bonchev–Trinajstić information content (AvgIpc) is 2.91. The van der Waals surface area contributed by atoms with E-state index in [0.29, 0.717) is 6.61 Å². The van der Waals surface area contributed by atoms with Gasteiger partial charge in [0.15, 0.2) is 15.0 Å². The molecule has 1 fully saturated rings. The van der Waals surface area contributed by atoms with E-state index < -0.39 is 9.84 Å². The highest BCUT2D eigenvalue weighted by Crippen LogP contribution is 2.34. The maximum absolute atomic E-state index is 11.9. The second kappa shape index (κ2) is 5.98. The molecule has 0 aliphatic carbocycles. The highest BCUT2D eigenvalue weighted by atomic mass is 32.2. The molecule has 2 aliphatic rings. The Hall–Kier alpha value is -1.05. The fourth-order valence-corrected chi connectivity index (χ4v) is 5.61. The topological polar surface area (TPSA) is 59.0 Å². The van der Waals surface area contributed by atoms with Gasteiger partial charge in [-0.3, -0.25) is 4.99 Å². The number of para-hydroxylation sites is 1. The molecule has 2 atom stereocenters. The third kappa shape index (κ3) is 3.09. The Morgan fingerprint density at radius 3 is 2.81 bits per heavy atom. The molecular formula is C14H18N2O3S2. The number of nitrogens with zero attached hydrogens (tertiary/aromatic N) is 2. The van der Waals surface area contributed by atoms with Crippen LogP contribution in [0.5, 0.6) is 0 Å². The van der Waals surface area contributed by atoms with Crippen LogP contribution in [0.4, 0.5) is 5.69 Å². The van der Waals surface area contributed by atoms with Crippen LogP contribution in [0.15, 0.2) is 35.3 Å². The van der Waals surface area contributed by atoms with E-state index in [9.17, 15) is 8.42 Å². The fourth-order valence-electron chi connectivity index (χ4n) is 2.74. The summed E-state index contributed by atoms with van der Waals surface area (Å²) in [6, 6.07) is 9.67. The van der Waals surface area contributed by atoms with Crippen molar-refractivity contribution >= 4 is 32.5 Å². The smallest absolute Gasteiger partial charge is 0.164 e. The van der Waals surface area contributed by atoms with Gasteiger partial charge in [-0.25, -0.2) is 8.42 Å². The summed E-state index contributed by atoms with van der Waals surface area (Å²) in [4.78, 5) is 6.73. The summed E-state index contributed by atoms with van der Waals surface area (Å²) in [5, 5.41) is 0.906. The number of amidine groups is 1. The van der Waals surface area contributed by atoms with Gasteiger partial charge in [0, 0.05) is 18.6 Å². The van der Waals surface area contributed by atoms with Gasteiger partial charge >= 0.3 is 0 Å². The third-order valence-electron chi connectivity index (χ3n) is 3.66. The summed E-state index contributed by atoms with van der Waals surface area (Å²) in [5.74, 6) is 1.16. The number of benzene rings is 1. The first-order chi connectivity index (χ1) is 10.1. The van der Waals surface area contributed by atoms with E-state index >= 15 is 0 Å². The Kier molecular flexibility index (Phi) is 4.24. The molecule has 0 bridgehead atoms. The number of fused-ring (bicyclic) bond motifs is 1.